The number of halogens is 4. The molecule has 1 amide bonds. The molecule has 0 spiro atoms. The lowest BCUT2D eigenvalue weighted by atomic mass is 9.87. The average Bonchev–Trinajstić information content (AvgIpc) is 2.96. The van der Waals surface area contributed by atoms with Crippen LogP contribution >= 0.6 is 46.4 Å². The molecule has 1 heterocycles. The number of amides is 1. The maximum Gasteiger partial charge on any atom is 0.253 e. The zero-order valence-electron chi connectivity index (χ0n) is 23.5. The predicted molar refractivity (Wildman–Crippen MR) is 168 cm³/mol. The Balaban J connectivity index is 1.95. The van der Waals surface area contributed by atoms with Crippen molar-refractivity contribution >= 4 is 63.3 Å². The largest absolute Gasteiger partial charge is 0.507 e. The summed E-state index contributed by atoms with van der Waals surface area (Å²) in [7, 11) is 0. The van der Waals surface area contributed by atoms with Gasteiger partial charge in [-0.25, -0.2) is 0 Å². The number of carbonyl (C=O) groups excluding carboxylic acids is 1. The Hall–Kier alpha value is -2.56. The SMILES string of the molecule is Cc1cc2c(-c3c(Cl)c(Cl)c(Cl)c(Cl)c3C(=O)NCCOCCOCCN)c3cc(C)c(=O)c(C)c-3oc2c(C)c1O. The number of phenolic OH excluding ortho intramolecular Hbond substituents is 1. The quantitative estimate of drug-likeness (QED) is 0.0740. The number of aromatic hydroxyl groups is 1. The Labute approximate surface area is 262 Å². The summed E-state index contributed by atoms with van der Waals surface area (Å²) in [6.07, 6.45) is 0. The second-order valence-corrected chi connectivity index (χ2v) is 11.3. The fourth-order valence-electron chi connectivity index (χ4n) is 4.87. The molecular weight excluding hydrogens is 626 g/mol. The molecule has 1 aliphatic heterocycles. The molecule has 2 aliphatic rings. The Morgan fingerprint density at radius 3 is 2.19 bits per heavy atom. The highest BCUT2D eigenvalue weighted by atomic mass is 35.5. The topological polar surface area (TPSA) is 124 Å². The highest BCUT2D eigenvalue weighted by molar-refractivity contribution is 6.54. The maximum absolute atomic E-state index is 13.7. The Kier molecular flexibility index (Phi) is 10.3. The number of fused-ring (bicyclic) bond motifs is 2. The number of hydrogen-bond donors (Lipinski definition) is 3. The molecule has 0 saturated carbocycles. The first-order valence-corrected chi connectivity index (χ1v) is 14.6. The summed E-state index contributed by atoms with van der Waals surface area (Å²) < 4.78 is 17.1. The molecule has 1 aliphatic carbocycles. The van der Waals surface area contributed by atoms with E-state index in [-0.39, 0.29) is 61.3 Å². The van der Waals surface area contributed by atoms with Crippen LogP contribution in [0.15, 0.2) is 21.3 Å². The van der Waals surface area contributed by atoms with Gasteiger partial charge in [-0.3, -0.25) is 9.59 Å². The van der Waals surface area contributed by atoms with Crippen LogP contribution in [0, 0.1) is 27.7 Å². The Bertz CT molecular complexity index is 1720. The first-order chi connectivity index (χ1) is 19.9. The number of benzene rings is 3. The van der Waals surface area contributed by atoms with E-state index in [2.05, 4.69) is 5.32 Å². The zero-order valence-corrected chi connectivity index (χ0v) is 26.5. The minimum atomic E-state index is -0.568. The van der Waals surface area contributed by atoms with Crippen molar-refractivity contribution in [3.63, 3.8) is 0 Å². The third-order valence-corrected chi connectivity index (χ3v) is 8.77. The van der Waals surface area contributed by atoms with Crippen LogP contribution in [-0.2, 0) is 9.47 Å². The van der Waals surface area contributed by atoms with Crippen molar-refractivity contribution in [2.24, 2.45) is 5.73 Å². The number of ether oxygens (including phenoxy) is 2. The summed E-state index contributed by atoms with van der Waals surface area (Å²) in [6, 6.07) is 3.40. The van der Waals surface area contributed by atoms with E-state index in [1.54, 1.807) is 39.8 Å². The van der Waals surface area contributed by atoms with Gasteiger partial charge < -0.3 is 30.0 Å². The van der Waals surface area contributed by atoms with Gasteiger partial charge in [0.25, 0.3) is 5.91 Å². The molecular formula is C30H30Cl4N2O6. The number of carbonyl (C=O) groups is 1. The number of aryl methyl sites for hydroxylation is 3. The van der Waals surface area contributed by atoms with Crippen molar-refractivity contribution in [2.45, 2.75) is 27.7 Å². The molecule has 0 bridgehead atoms. The molecule has 0 fully saturated rings. The molecule has 42 heavy (non-hydrogen) atoms. The zero-order chi connectivity index (χ0) is 30.9. The molecule has 0 radical (unpaired) electrons. The number of hydrogen-bond acceptors (Lipinski definition) is 7. The van der Waals surface area contributed by atoms with Crippen molar-refractivity contribution in [2.75, 3.05) is 39.5 Å². The second-order valence-electron chi connectivity index (χ2n) is 9.82. The first kappa shape index (κ1) is 32.4. The molecule has 2 aromatic carbocycles. The van der Waals surface area contributed by atoms with Gasteiger partial charge in [-0.1, -0.05) is 46.4 Å². The number of rotatable bonds is 10. The molecule has 0 unspecified atom stereocenters. The van der Waals surface area contributed by atoms with Gasteiger partial charge in [0, 0.05) is 46.3 Å². The monoisotopic (exact) mass is 654 g/mol. The summed E-state index contributed by atoms with van der Waals surface area (Å²) >= 11 is 26.6. The second kappa shape index (κ2) is 13.4. The lowest BCUT2D eigenvalue weighted by Crippen LogP contribution is -2.28. The van der Waals surface area contributed by atoms with E-state index in [0.717, 1.165) is 0 Å². The summed E-state index contributed by atoms with van der Waals surface area (Å²) in [4.78, 5) is 26.7. The molecule has 4 N–H and O–H groups in total. The molecule has 4 rings (SSSR count). The van der Waals surface area contributed by atoms with Crippen molar-refractivity contribution in [3.8, 4) is 28.2 Å². The van der Waals surface area contributed by atoms with Crippen LogP contribution in [0.25, 0.3) is 33.4 Å². The third-order valence-electron chi connectivity index (χ3n) is 6.97. The normalized spacial score (nSPS) is 11.5. The summed E-state index contributed by atoms with van der Waals surface area (Å²) in [6.45, 7) is 8.70. The van der Waals surface area contributed by atoms with Crippen molar-refractivity contribution in [3.05, 3.63) is 70.3 Å². The van der Waals surface area contributed by atoms with Gasteiger partial charge in [-0.2, -0.15) is 0 Å². The number of nitrogens with one attached hydrogen (secondary N) is 1. The first-order valence-electron chi connectivity index (χ1n) is 13.1. The summed E-state index contributed by atoms with van der Waals surface area (Å²) in [5, 5.41) is 13.8. The smallest absolute Gasteiger partial charge is 0.253 e. The van der Waals surface area contributed by atoms with Gasteiger partial charge in [0.05, 0.1) is 52.1 Å². The Morgan fingerprint density at radius 2 is 1.52 bits per heavy atom. The third kappa shape index (κ3) is 5.95. The van der Waals surface area contributed by atoms with Crippen molar-refractivity contribution in [1.82, 2.24) is 5.32 Å². The highest BCUT2D eigenvalue weighted by Gasteiger charge is 2.31. The van der Waals surface area contributed by atoms with Gasteiger partial charge in [-0.15, -0.1) is 0 Å². The lowest BCUT2D eigenvalue weighted by Gasteiger charge is -2.23. The van der Waals surface area contributed by atoms with Gasteiger partial charge in [0.2, 0.25) is 0 Å². The van der Waals surface area contributed by atoms with Crippen LogP contribution in [0.1, 0.15) is 32.6 Å². The van der Waals surface area contributed by atoms with E-state index in [1.807, 2.05) is 0 Å². The van der Waals surface area contributed by atoms with Crippen LogP contribution in [0.5, 0.6) is 5.75 Å². The van der Waals surface area contributed by atoms with Crippen molar-refractivity contribution in [1.29, 1.82) is 0 Å². The maximum atomic E-state index is 13.7. The van der Waals surface area contributed by atoms with E-state index >= 15 is 0 Å². The van der Waals surface area contributed by atoms with E-state index in [9.17, 15) is 14.7 Å². The van der Waals surface area contributed by atoms with E-state index < -0.39 is 5.91 Å². The number of phenols is 1. The standard InChI is InChI=1S/C30H30Cl4N2O6/c1-13-11-17-19(18-12-14(2)27(38)16(4)29(18)42-28(17)15(3)26(13)37)20-21(23(32)25(34)24(33)22(20)31)30(39)36-6-8-41-10-9-40-7-5-35/h11-12,37H,5-10,35H2,1-4H3,(H,36,39). The van der Waals surface area contributed by atoms with Crippen LogP contribution in [0.2, 0.25) is 20.1 Å². The van der Waals surface area contributed by atoms with Crippen LogP contribution in [-0.4, -0.2) is 50.5 Å². The minimum absolute atomic E-state index is 0.0109. The number of nitrogens with two attached hydrogens (primary N) is 1. The van der Waals surface area contributed by atoms with Crippen LogP contribution < -0.4 is 16.5 Å². The van der Waals surface area contributed by atoms with Gasteiger partial charge in [0.15, 0.2) is 5.43 Å². The average molecular weight is 656 g/mol. The predicted octanol–water partition coefficient (Wildman–Crippen LogP) is 6.84. The molecule has 0 atom stereocenters. The molecule has 2 aromatic rings. The minimum Gasteiger partial charge on any atom is -0.507 e. The molecule has 0 saturated heterocycles. The highest BCUT2D eigenvalue weighted by Crippen LogP contribution is 2.52. The van der Waals surface area contributed by atoms with E-state index in [0.29, 0.717) is 70.7 Å². The molecule has 224 valence electrons. The van der Waals surface area contributed by atoms with Gasteiger partial charge in [-0.05, 0) is 51.0 Å². The summed E-state index contributed by atoms with van der Waals surface area (Å²) in [5.74, 6) is -0.260. The van der Waals surface area contributed by atoms with Gasteiger partial charge in [0.1, 0.15) is 17.1 Å². The van der Waals surface area contributed by atoms with E-state index in [1.165, 1.54) is 0 Å². The Morgan fingerprint density at radius 1 is 0.881 bits per heavy atom. The fraction of sp³-hybridized carbons (Fsp3) is 0.333. The summed E-state index contributed by atoms with van der Waals surface area (Å²) in [5.41, 5.74) is 8.48. The van der Waals surface area contributed by atoms with Gasteiger partial charge >= 0.3 is 0 Å². The molecule has 0 aromatic heterocycles. The molecule has 8 nitrogen and oxygen atoms in total. The van der Waals surface area contributed by atoms with Crippen LogP contribution in [0.3, 0.4) is 0 Å². The van der Waals surface area contributed by atoms with Crippen molar-refractivity contribution < 1.29 is 23.8 Å². The van der Waals surface area contributed by atoms with E-state index in [4.69, 9.17) is 66.0 Å². The van der Waals surface area contributed by atoms with Crippen LogP contribution in [0.4, 0.5) is 0 Å². The molecule has 12 heteroatoms. The lowest BCUT2D eigenvalue weighted by molar-refractivity contribution is 0.0511. The fourth-order valence-corrected chi connectivity index (χ4v) is 5.90.